The molecule has 0 saturated carbocycles. The number of nitrogens with zero attached hydrogens (tertiary/aromatic N) is 1. The summed E-state index contributed by atoms with van der Waals surface area (Å²) in [6.07, 6.45) is 7.47. The van der Waals surface area contributed by atoms with E-state index in [4.69, 9.17) is 0 Å². The first kappa shape index (κ1) is 21.2. The predicted molar refractivity (Wildman–Crippen MR) is 124 cm³/mol. The van der Waals surface area contributed by atoms with Crippen LogP contribution in [0, 0.1) is 17.8 Å². The molecular weight excluding hydrogens is 337 g/mol. The maximum atomic E-state index is 2.53. The smallest absolute Gasteiger partial charge is 0.244 e. The van der Waals surface area contributed by atoms with Crippen LogP contribution in [0.5, 0.6) is 0 Å². The molecule has 1 nitrogen and oxygen atoms in total. The van der Waals surface area contributed by atoms with Gasteiger partial charge < -0.3 is 4.81 Å². The molecule has 0 bridgehead atoms. The highest BCUT2D eigenvalue weighted by Gasteiger charge is 2.36. The Labute approximate surface area is 173 Å². The third-order valence-corrected chi connectivity index (χ3v) is 6.26. The topological polar surface area (TPSA) is 3.24 Å². The van der Waals surface area contributed by atoms with Gasteiger partial charge in [0.2, 0.25) is 7.41 Å². The Balaban J connectivity index is 2.03. The van der Waals surface area contributed by atoms with Gasteiger partial charge in [0, 0.05) is 11.8 Å². The number of rotatable bonds is 7. The van der Waals surface area contributed by atoms with Gasteiger partial charge in [0.25, 0.3) is 0 Å². The molecule has 2 aliphatic rings. The van der Waals surface area contributed by atoms with Crippen LogP contribution in [0.2, 0.25) is 0 Å². The van der Waals surface area contributed by atoms with Gasteiger partial charge in [-0.05, 0) is 40.6 Å². The van der Waals surface area contributed by atoms with Crippen LogP contribution in [0.3, 0.4) is 0 Å². The van der Waals surface area contributed by atoms with Gasteiger partial charge in [-0.1, -0.05) is 109 Å². The Kier molecular flexibility index (Phi) is 6.39. The van der Waals surface area contributed by atoms with E-state index in [-0.39, 0.29) is 0 Å². The fourth-order valence-electron chi connectivity index (χ4n) is 4.75. The van der Waals surface area contributed by atoms with Crippen LogP contribution in [0.15, 0.2) is 53.0 Å². The molecule has 0 spiro atoms. The molecule has 149 valence electrons. The molecule has 0 N–H and O–H groups in total. The van der Waals surface area contributed by atoms with Gasteiger partial charge >= 0.3 is 0 Å². The van der Waals surface area contributed by atoms with Gasteiger partial charge in [-0.3, -0.25) is 0 Å². The number of benzene rings is 1. The highest BCUT2D eigenvalue weighted by Crippen LogP contribution is 2.48. The molecule has 0 aliphatic heterocycles. The molecule has 28 heavy (non-hydrogen) atoms. The average molecular weight is 374 g/mol. The molecule has 0 amide bonds. The second-order valence-corrected chi connectivity index (χ2v) is 9.71. The van der Waals surface area contributed by atoms with E-state index >= 15 is 0 Å². The molecule has 1 aromatic carbocycles. The zero-order chi connectivity index (χ0) is 20.6. The van der Waals surface area contributed by atoms with Crippen LogP contribution in [-0.2, 0) is 0 Å². The molecule has 2 unspecified atom stereocenters. The van der Waals surface area contributed by atoms with Gasteiger partial charge in [-0.2, -0.15) is 0 Å². The number of allylic oxidation sites excluding steroid dienone is 5. The first-order valence-corrected chi connectivity index (χ1v) is 11.1. The van der Waals surface area contributed by atoms with Crippen molar-refractivity contribution in [1.29, 1.82) is 0 Å². The first-order valence-electron chi connectivity index (χ1n) is 11.1. The van der Waals surface area contributed by atoms with Crippen LogP contribution in [0.25, 0.3) is 6.08 Å². The van der Waals surface area contributed by atoms with Crippen molar-refractivity contribution < 1.29 is 0 Å². The first-order chi connectivity index (χ1) is 13.2. The van der Waals surface area contributed by atoms with Gasteiger partial charge in [0.15, 0.2) is 0 Å². The predicted octanol–water partition coefficient (Wildman–Crippen LogP) is 6.66. The van der Waals surface area contributed by atoms with E-state index in [1.807, 2.05) is 0 Å². The van der Waals surface area contributed by atoms with Gasteiger partial charge in [-0.15, -0.1) is 0 Å². The van der Waals surface area contributed by atoms with E-state index in [0.29, 0.717) is 35.8 Å². The summed E-state index contributed by atoms with van der Waals surface area (Å²) in [4.78, 5) is 2.50. The van der Waals surface area contributed by atoms with Crippen molar-refractivity contribution in [3.8, 4) is 0 Å². The molecule has 3 rings (SSSR count). The SMILES string of the molecule is CC(C)C1=CC(C(C)C)C(C2C([B]N(C(C)C)C(C)C)=Cc3ccccc32)=C1. The fourth-order valence-corrected chi connectivity index (χ4v) is 4.75. The minimum atomic E-state index is 0.371. The monoisotopic (exact) mass is 374 g/mol. The van der Waals surface area contributed by atoms with Crippen molar-refractivity contribution in [2.45, 2.75) is 73.4 Å². The lowest BCUT2D eigenvalue weighted by atomic mass is 9.66. The summed E-state index contributed by atoms with van der Waals surface area (Å²) in [5, 5.41) is 0. The Bertz CT molecular complexity index is 786. The lowest BCUT2D eigenvalue weighted by Gasteiger charge is -2.33. The van der Waals surface area contributed by atoms with Crippen LogP contribution in [-0.4, -0.2) is 24.3 Å². The van der Waals surface area contributed by atoms with Crippen molar-refractivity contribution in [3.05, 3.63) is 64.2 Å². The quantitative estimate of drug-likeness (QED) is 0.483. The van der Waals surface area contributed by atoms with Crippen LogP contribution in [0.4, 0.5) is 0 Å². The summed E-state index contributed by atoms with van der Waals surface area (Å²) in [5.41, 5.74) is 7.38. The zero-order valence-corrected chi connectivity index (χ0v) is 19.0. The summed E-state index contributed by atoms with van der Waals surface area (Å²) in [5.74, 6) is 2.09. The maximum Gasteiger partial charge on any atom is 0.244 e. The van der Waals surface area contributed by atoms with Crippen LogP contribution < -0.4 is 0 Å². The zero-order valence-electron chi connectivity index (χ0n) is 19.0. The normalized spacial score (nSPS) is 21.7. The summed E-state index contributed by atoms with van der Waals surface area (Å²) >= 11 is 0. The van der Waals surface area contributed by atoms with Crippen molar-refractivity contribution in [1.82, 2.24) is 4.81 Å². The second-order valence-electron chi connectivity index (χ2n) is 9.71. The maximum absolute atomic E-state index is 2.53. The molecule has 2 heteroatoms. The van der Waals surface area contributed by atoms with E-state index < -0.39 is 0 Å². The van der Waals surface area contributed by atoms with Crippen molar-refractivity contribution >= 4 is 13.5 Å². The van der Waals surface area contributed by atoms with Gasteiger partial charge in [0.05, 0.1) is 0 Å². The molecule has 1 aromatic rings. The highest BCUT2D eigenvalue weighted by molar-refractivity contribution is 6.45. The minimum Gasteiger partial charge on any atom is -0.338 e. The van der Waals surface area contributed by atoms with E-state index in [0.717, 1.165) is 0 Å². The summed E-state index contributed by atoms with van der Waals surface area (Å²) in [6.45, 7) is 18.5. The molecule has 0 fully saturated rings. The molecule has 0 heterocycles. The summed E-state index contributed by atoms with van der Waals surface area (Å²) < 4.78 is 0. The Morgan fingerprint density at radius 1 is 0.857 bits per heavy atom. The third-order valence-electron chi connectivity index (χ3n) is 6.26. The summed E-state index contributed by atoms with van der Waals surface area (Å²) in [6, 6.07) is 9.95. The second kappa shape index (κ2) is 8.45. The molecule has 1 radical (unpaired) electrons. The molecule has 0 aromatic heterocycles. The van der Waals surface area contributed by atoms with Crippen LogP contribution in [0.1, 0.15) is 72.4 Å². The Morgan fingerprint density at radius 2 is 1.50 bits per heavy atom. The van der Waals surface area contributed by atoms with Crippen molar-refractivity contribution in [2.75, 3.05) is 0 Å². The standard InChI is InChI=1S/C26H37BN/c1-16(2)21-13-23(17(3)4)24(14-21)26-22-12-10-9-11-20(22)15-25(26)27-28(18(5)6)19(7)8/h9-19,23,26H,1-8H3. The lowest BCUT2D eigenvalue weighted by Crippen LogP contribution is -2.41. The molecular formula is C26H37BN. The molecule has 2 atom stereocenters. The van der Waals surface area contributed by atoms with E-state index in [1.165, 1.54) is 22.2 Å². The average Bonchev–Trinajstić information content (AvgIpc) is 3.20. The molecule has 2 aliphatic carbocycles. The number of fused-ring (bicyclic) bond motifs is 1. The van der Waals surface area contributed by atoms with Gasteiger partial charge in [-0.25, -0.2) is 0 Å². The Hall–Kier alpha value is -1.54. The van der Waals surface area contributed by atoms with Crippen molar-refractivity contribution in [3.63, 3.8) is 0 Å². The van der Waals surface area contributed by atoms with E-state index in [9.17, 15) is 0 Å². The Morgan fingerprint density at radius 3 is 2.07 bits per heavy atom. The molecule has 0 saturated heterocycles. The highest BCUT2D eigenvalue weighted by atomic mass is 15.1. The minimum absolute atomic E-state index is 0.371. The fraction of sp³-hybridized carbons (Fsp3) is 0.538. The number of hydrogen-bond acceptors (Lipinski definition) is 1. The largest absolute Gasteiger partial charge is 0.338 e. The van der Waals surface area contributed by atoms with Gasteiger partial charge in [0.1, 0.15) is 0 Å². The number of hydrogen-bond donors (Lipinski definition) is 0. The van der Waals surface area contributed by atoms with Crippen LogP contribution >= 0.6 is 0 Å². The third kappa shape index (κ3) is 4.08. The lowest BCUT2D eigenvalue weighted by molar-refractivity contribution is 0.313. The van der Waals surface area contributed by atoms with E-state index in [1.54, 1.807) is 5.57 Å². The van der Waals surface area contributed by atoms with E-state index in [2.05, 4.69) is 110 Å². The van der Waals surface area contributed by atoms with Crippen molar-refractivity contribution in [2.24, 2.45) is 17.8 Å². The summed E-state index contributed by atoms with van der Waals surface area (Å²) in [7, 11) is 2.44.